The number of nitriles is 1. The molecule has 4 rings (SSSR count). The van der Waals surface area contributed by atoms with E-state index in [0.29, 0.717) is 0 Å². The van der Waals surface area contributed by atoms with E-state index in [1.807, 2.05) is 31.7 Å². The summed E-state index contributed by atoms with van der Waals surface area (Å²) >= 11 is 0. The Balaban J connectivity index is 1.96. The van der Waals surface area contributed by atoms with E-state index in [1.54, 1.807) is 34.0 Å². The van der Waals surface area contributed by atoms with Crippen LogP contribution in [0.3, 0.4) is 0 Å². The van der Waals surface area contributed by atoms with Gasteiger partial charge < -0.3 is 0 Å². The Hall–Kier alpha value is -3.47. The lowest BCUT2D eigenvalue weighted by Crippen LogP contribution is -1.96. The lowest BCUT2D eigenvalue weighted by molar-refractivity contribution is 0.768. The predicted octanol–water partition coefficient (Wildman–Crippen LogP) is 1.32. The van der Waals surface area contributed by atoms with E-state index in [4.69, 9.17) is 10.2 Å². The van der Waals surface area contributed by atoms with Crippen LogP contribution in [0.2, 0.25) is 0 Å². The predicted molar refractivity (Wildman–Crippen MR) is 77.4 cm³/mol. The van der Waals surface area contributed by atoms with Crippen molar-refractivity contribution in [2.24, 2.45) is 7.05 Å². The zero-order valence-electron chi connectivity index (χ0n) is 11.6. The molecule has 0 fully saturated rings. The topological polar surface area (TPSA) is 89.6 Å². The van der Waals surface area contributed by atoms with Gasteiger partial charge in [0.05, 0.1) is 47.9 Å². The van der Waals surface area contributed by atoms with Crippen LogP contribution in [-0.4, -0.2) is 34.2 Å². The first kappa shape index (κ1) is 12.3. The molecule has 0 spiro atoms. The highest BCUT2D eigenvalue weighted by molar-refractivity contribution is 5.78. The SMILES string of the molecule is Cn1cc(-c2cn3nccc3c(-c3cnn(C#N)c3)n2)cn1. The highest BCUT2D eigenvalue weighted by atomic mass is 15.3. The van der Waals surface area contributed by atoms with Crippen LogP contribution in [-0.2, 0) is 7.05 Å². The molecule has 4 aromatic rings. The summed E-state index contributed by atoms with van der Waals surface area (Å²) in [6, 6.07) is 1.87. The van der Waals surface area contributed by atoms with E-state index in [-0.39, 0.29) is 0 Å². The summed E-state index contributed by atoms with van der Waals surface area (Å²) in [7, 11) is 1.85. The van der Waals surface area contributed by atoms with Gasteiger partial charge in [0.25, 0.3) is 0 Å². The van der Waals surface area contributed by atoms with Crippen molar-refractivity contribution < 1.29 is 0 Å². The molecule has 4 heterocycles. The van der Waals surface area contributed by atoms with Gasteiger partial charge in [-0.15, -0.1) is 0 Å². The van der Waals surface area contributed by atoms with E-state index >= 15 is 0 Å². The summed E-state index contributed by atoms with van der Waals surface area (Å²) in [5, 5.41) is 21.3. The van der Waals surface area contributed by atoms with Gasteiger partial charge in [0, 0.05) is 24.4 Å². The van der Waals surface area contributed by atoms with Gasteiger partial charge in [0.15, 0.2) is 0 Å². The van der Waals surface area contributed by atoms with Crippen molar-refractivity contribution in [3.05, 3.63) is 43.2 Å². The fourth-order valence-corrected chi connectivity index (χ4v) is 2.33. The molecule has 0 aliphatic carbocycles. The van der Waals surface area contributed by atoms with E-state index in [2.05, 4.69) is 15.3 Å². The molecule has 0 saturated carbocycles. The molecule has 0 radical (unpaired) electrons. The molecule has 0 atom stereocenters. The third kappa shape index (κ3) is 1.84. The zero-order chi connectivity index (χ0) is 15.1. The summed E-state index contributed by atoms with van der Waals surface area (Å²) in [6.45, 7) is 0. The largest absolute Gasteiger partial charge is 0.275 e. The molecule has 4 aromatic heterocycles. The van der Waals surface area contributed by atoms with Crippen LogP contribution in [0.25, 0.3) is 28.0 Å². The van der Waals surface area contributed by atoms with Gasteiger partial charge >= 0.3 is 0 Å². The van der Waals surface area contributed by atoms with E-state index in [1.165, 1.54) is 4.68 Å². The molecule has 0 unspecified atom stereocenters. The maximum atomic E-state index is 8.91. The average Bonchev–Trinajstić information content (AvgIpc) is 3.25. The summed E-state index contributed by atoms with van der Waals surface area (Å²) in [5.74, 6) is 0. The number of hydrogen-bond donors (Lipinski definition) is 0. The number of aromatic nitrogens is 7. The van der Waals surface area contributed by atoms with Crippen LogP contribution < -0.4 is 0 Å². The normalized spacial score (nSPS) is 10.9. The van der Waals surface area contributed by atoms with Crippen molar-refractivity contribution in [1.29, 1.82) is 5.26 Å². The van der Waals surface area contributed by atoms with Crippen molar-refractivity contribution in [3.8, 4) is 28.7 Å². The van der Waals surface area contributed by atoms with Gasteiger partial charge in [-0.3, -0.25) is 4.68 Å². The Labute approximate surface area is 124 Å². The first-order chi connectivity index (χ1) is 10.7. The van der Waals surface area contributed by atoms with Crippen LogP contribution in [0.5, 0.6) is 0 Å². The zero-order valence-corrected chi connectivity index (χ0v) is 11.6. The number of aryl methyl sites for hydroxylation is 1. The minimum absolute atomic E-state index is 0.723. The summed E-state index contributed by atoms with van der Waals surface area (Å²) in [6.07, 6.45) is 12.4. The molecular weight excluding hydrogens is 280 g/mol. The van der Waals surface area contributed by atoms with E-state index in [9.17, 15) is 0 Å². The maximum Gasteiger partial charge on any atom is 0.206 e. The highest BCUT2D eigenvalue weighted by Gasteiger charge is 2.13. The van der Waals surface area contributed by atoms with E-state index < -0.39 is 0 Å². The van der Waals surface area contributed by atoms with Crippen molar-refractivity contribution in [2.75, 3.05) is 0 Å². The molecule has 0 saturated heterocycles. The van der Waals surface area contributed by atoms with Crippen molar-refractivity contribution in [1.82, 2.24) is 34.2 Å². The van der Waals surface area contributed by atoms with Crippen LogP contribution in [0.15, 0.2) is 43.2 Å². The highest BCUT2D eigenvalue weighted by Crippen LogP contribution is 2.26. The number of hydrogen-bond acceptors (Lipinski definition) is 5. The molecule has 0 bridgehead atoms. The summed E-state index contributed by atoms with van der Waals surface area (Å²) in [4.78, 5) is 4.70. The minimum Gasteiger partial charge on any atom is -0.275 e. The Bertz CT molecular complexity index is 1010. The van der Waals surface area contributed by atoms with Gasteiger partial charge in [-0.2, -0.15) is 25.2 Å². The van der Waals surface area contributed by atoms with Gasteiger partial charge in [0.2, 0.25) is 6.19 Å². The van der Waals surface area contributed by atoms with Crippen molar-refractivity contribution >= 4 is 5.52 Å². The number of fused-ring (bicyclic) bond motifs is 1. The van der Waals surface area contributed by atoms with Gasteiger partial charge in [-0.1, -0.05) is 0 Å². The second-order valence-corrected chi connectivity index (χ2v) is 4.81. The molecule has 22 heavy (non-hydrogen) atoms. The standard InChI is InChI=1S/C14H10N8/c1-20-6-10(4-17-20)12-8-22-13(2-3-16-22)14(19-12)11-5-18-21(7-11)9-15/h2-8H,1H3. The van der Waals surface area contributed by atoms with Gasteiger partial charge in [-0.05, 0) is 6.07 Å². The van der Waals surface area contributed by atoms with E-state index in [0.717, 1.165) is 28.0 Å². The molecule has 8 heteroatoms. The molecule has 0 amide bonds. The molecule has 8 nitrogen and oxygen atoms in total. The number of nitrogens with zero attached hydrogens (tertiary/aromatic N) is 8. The van der Waals surface area contributed by atoms with Crippen LogP contribution in [0.4, 0.5) is 0 Å². The molecule has 0 aliphatic heterocycles. The second kappa shape index (κ2) is 4.53. The minimum atomic E-state index is 0.723. The quantitative estimate of drug-likeness (QED) is 0.555. The Morgan fingerprint density at radius 2 is 1.91 bits per heavy atom. The first-order valence-electron chi connectivity index (χ1n) is 6.53. The average molecular weight is 290 g/mol. The molecule has 106 valence electrons. The Kier molecular flexibility index (Phi) is 2.53. The lowest BCUT2D eigenvalue weighted by Gasteiger charge is -2.04. The van der Waals surface area contributed by atoms with Crippen LogP contribution >= 0.6 is 0 Å². The smallest absolute Gasteiger partial charge is 0.206 e. The second-order valence-electron chi connectivity index (χ2n) is 4.81. The van der Waals surface area contributed by atoms with Crippen molar-refractivity contribution in [3.63, 3.8) is 0 Å². The third-order valence-electron chi connectivity index (χ3n) is 3.35. The van der Waals surface area contributed by atoms with Gasteiger partial charge in [0.1, 0.15) is 0 Å². The monoisotopic (exact) mass is 290 g/mol. The van der Waals surface area contributed by atoms with Crippen molar-refractivity contribution in [2.45, 2.75) is 0 Å². The number of rotatable bonds is 2. The fraction of sp³-hybridized carbons (Fsp3) is 0.0714. The van der Waals surface area contributed by atoms with Crippen LogP contribution in [0.1, 0.15) is 0 Å². The Morgan fingerprint density at radius 3 is 2.64 bits per heavy atom. The molecule has 0 N–H and O–H groups in total. The van der Waals surface area contributed by atoms with Gasteiger partial charge in [-0.25, -0.2) is 9.50 Å². The maximum absolute atomic E-state index is 8.91. The molecule has 0 aliphatic rings. The lowest BCUT2D eigenvalue weighted by atomic mass is 10.2. The van der Waals surface area contributed by atoms with Crippen LogP contribution in [0, 0.1) is 11.5 Å². The Morgan fingerprint density at radius 1 is 1.05 bits per heavy atom. The molecular formula is C14H10N8. The summed E-state index contributed by atoms with van der Waals surface area (Å²) < 4.78 is 4.67. The third-order valence-corrected chi connectivity index (χ3v) is 3.35. The first-order valence-corrected chi connectivity index (χ1v) is 6.53. The summed E-state index contributed by atoms with van der Waals surface area (Å²) in [5.41, 5.74) is 3.99. The molecule has 0 aromatic carbocycles. The fourth-order valence-electron chi connectivity index (χ4n) is 2.33.